The van der Waals surface area contributed by atoms with Crippen molar-refractivity contribution in [2.75, 3.05) is 13.1 Å². The second kappa shape index (κ2) is 7.83. The fourth-order valence-corrected chi connectivity index (χ4v) is 2.81. The summed E-state index contributed by atoms with van der Waals surface area (Å²) in [5.41, 5.74) is 0. The Balaban J connectivity index is 2.37. The highest BCUT2D eigenvalue weighted by molar-refractivity contribution is 7.09. The Morgan fingerprint density at radius 3 is 2.47 bits per heavy atom. The number of thiazole rings is 1. The minimum atomic E-state index is 0.722. The molecule has 0 saturated carbocycles. The van der Waals surface area contributed by atoms with Crippen molar-refractivity contribution < 1.29 is 0 Å². The predicted molar refractivity (Wildman–Crippen MR) is 76.5 cm³/mol. The summed E-state index contributed by atoms with van der Waals surface area (Å²) in [5.74, 6) is 2.22. The summed E-state index contributed by atoms with van der Waals surface area (Å²) in [6, 6.07) is 0. The monoisotopic (exact) mass is 254 g/mol. The Bertz CT molecular complexity index is 280. The van der Waals surface area contributed by atoms with Gasteiger partial charge in [0.2, 0.25) is 0 Å². The molecule has 1 atom stereocenters. The van der Waals surface area contributed by atoms with Gasteiger partial charge < -0.3 is 5.32 Å². The van der Waals surface area contributed by atoms with Crippen LogP contribution in [0.2, 0.25) is 0 Å². The molecule has 0 fully saturated rings. The molecule has 0 bridgehead atoms. The zero-order valence-electron chi connectivity index (χ0n) is 11.6. The van der Waals surface area contributed by atoms with Crippen LogP contribution in [0.3, 0.4) is 0 Å². The number of nitrogens with one attached hydrogen (secondary N) is 1. The Hall–Kier alpha value is -0.410. The largest absolute Gasteiger partial charge is 0.316 e. The molecule has 17 heavy (non-hydrogen) atoms. The number of aromatic nitrogens is 1. The normalized spacial score (nSPS) is 13.5. The molecule has 1 rings (SSSR count). The van der Waals surface area contributed by atoms with E-state index in [9.17, 15) is 0 Å². The maximum atomic E-state index is 4.40. The van der Waals surface area contributed by atoms with Crippen molar-refractivity contribution in [2.24, 2.45) is 17.8 Å². The molecular formula is C14H26N2S. The van der Waals surface area contributed by atoms with E-state index in [0.717, 1.165) is 37.3 Å². The molecule has 0 aliphatic rings. The fraction of sp³-hybridized carbons (Fsp3) is 0.786. The maximum Gasteiger partial charge on any atom is 0.0928 e. The first-order valence-electron chi connectivity index (χ1n) is 6.67. The van der Waals surface area contributed by atoms with Crippen LogP contribution < -0.4 is 5.32 Å². The van der Waals surface area contributed by atoms with E-state index in [1.165, 1.54) is 11.4 Å². The van der Waals surface area contributed by atoms with Gasteiger partial charge in [0.1, 0.15) is 0 Å². The van der Waals surface area contributed by atoms with Crippen molar-refractivity contribution in [1.29, 1.82) is 0 Å². The third kappa shape index (κ3) is 6.79. The van der Waals surface area contributed by atoms with Crippen molar-refractivity contribution in [3.8, 4) is 0 Å². The lowest BCUT2D eigenvalue weighted by molar-refractivity contribution is 0.376. The Morgan fingerprint density at radius 1 is 1.18 bits per heavy atom. The quantitative estimate of drug-likeness (QED) is 0.767. The molecule has 0 aliphatic carbocycles. The van der Waals surface area contributed by atoms with Gasteiger partial charge in [-0.2, -0.15) is 0 Å². The summed E-state index contributed by atoms with van der Waals surface area (Å²) >= 11 is 1.78. The first-order valence-corrected chi connectivity index (χ1v) is 7.55. The molecule has 0 radical (unpaired) electrons. The summed E-state index contributed by atoms with van der Waals surface area (Å²) < 4.78 is 0. The van der Waals surface area contributed by atoms with Gasteiger partial charge in [-0.25, -0.2) is 4.98 Å². The van der Waals surface area contributed by atoms with Crippen molar-refractivity contribution in [3.63, 3.8) is 0 Å². The first-order chi connectivity index (χ1) is 8.08. The smallest absolute Gasteiger partial charge is 0.0928 e. The Morgan fingerprint density at radius 2 is 1.94 bits per heavy atom. The minimum absolute atomic E-state index is 0.722. The van der Waals surface area contributed by atoms with Gasteiger partial charge in [-0.05, 0) is 37.3 Å². The third-order valence-electron chi connectivity index (χ3n) is 2.74. The van der Waals surface area contributed by atoms with Crippen LogP contribution in [0.1, 0.15) is 39.1 Å². The van der Waals surface area contributed by atoms with E-state index in [2.05, 4.69) is 43.4 Å². The van der Waals surface area contributed by atoms with Gasteiger partial charge in [0.25, 0.3) is 0 Å². The fourth-order valence-electron chi connectivity index (χ4n) is 2.08. The van der Waals surface area contributed by atoms with Crippen molar-refractivity contribution in [3.05, 3.63) is 16.6 Å². The number of nitrogens with zero attached hydrogens (tertiary/aromatic N) is 1. The molecule has 1 aromatic rings. The highest BCUT2D eigenvalue weighted by Gasteiger charge is 2.13. The van der Waals surface area contributed by atoms with E-state index in [1.54, 1.807) is 11.3 Å². The number of rotatable bonds is 8. The first kappa shape index (κ1) is 14.7. The maximum absolute atomic E-state index is 4.40. The molecule has 0 amide bonds. The summed E-state index contributed by atoms with van der Waals surface area (Å²) in [5, 5.41) is 6.93. The molecule has 1 unspecified atom stereocenters. The van der Waals surface area contributed by atoms with Gasteiger partial charge in [0.05, 0.1) is 5.01 Å². The van der Waals surface area contributed by atoms with Crippen LogP contribution in [0.4, 0.5) is 0 Å². The second-order valence-corrected chi connectivity index (χ2v) is 6.66. The molecular weight excluding hydrogens is 228 g/mol. The number of hydrogen-bond acceptors (Lipinski definition) is 3. The van der Waals surface area contributed by atoms with Crippen LogP contribution in [-0.4, -0.2) is 18.1 Å². The van der Waals surface area contributed by atoms with Gasteiger partial charge in [0.15, 0.2) is 0 Å². The molecule has 2 nitrogen and oxygen atoms in total. The summed E-state index contributed by atoms with van der Waals surface area (Å²) in [4.78, 5) is 4.40. The SMILES string of the molecule is CC(C)CNCC(Cc1nccs1)CC(C)C. The average molecular weight is 254 g/mol. The van der Waals surface area contributed by atoms with Crippen LogP contribution in [0, 0.1) is 17.8 Å². The second-order valence-electron chi connectivity index (χ2n) is 5.68. The predicted octanol–water partition coefficient (Wildman–Crippen LogP) is 3.59. The van der Waals surface area contributed by atoms with Crippen molar-refractivity contribution in [1.82, 2.24) is 10.3 Å². The van der Waals surface area contributed by atoms with Crippen LogP contribution >= 0.6 is 11.3 Å². The zero-order valence-corrected chi connectivity index (χ0v) is 12.4. The van der Waals surface area contributed by atoms with Crippen molar-refractivity contribution >= 4 is 11.3 Å². The van der Waals surface area contributed by atoms with Gasteiger partial charge in [0, 0.05) is 18.0 Å². The minimum Gasteiger partial charge on any atom is -0.316 e. The molecule has 1 N–H and O–H groups in total. The zero-order chi connectivity index (χ0) is 12.7. The van der Waals surface area contributed by atoms with E-state index < -0.39 is 0 Å². The van der Waals surface area contributed by atoms with Gasteiger partial charge in [-0.3, -0.25) is 0 Å². The van der Waals surface area contributed by atoms with E-state index in [1.807, 2.05) is 6.20 Å². The third-order valence-corrected chi connectivity index (χ3v) is 3.54. The van der Waals surface area contributed by atoms with E-state index in [0.29, 0.717) is 0 Å². The van der Waals surface area contributed by atoms with Crippen LogP contribution in [0.15, 0.2) is 11.6 Å². The van der Waals surface area contributed by atoms with E-state index in [-0.39, 0.29) is 0 Å². The molecule has 98 valence electrons. The van der Waals surface area contributed by atoms with Gasteiger partial charge in [-0.1, -0.05) is 27.7 Å². The lowest BCUT2D eigenvalue weighted by atomic mass is 9.94. The highest BCUT2D eigenvalue weighted by Crippen LogP contribution is 2.18. The summed E-state index contributed by atoms with van der Waals surface area (Å²) in [6.45, 7) is 11.4. The van der Waals surface area contributed by atoms with Crippen LogP contribution in [0.5, 0.6) is 0 Å². The molecule has 1 aromatic heterocycles. The molecule has 0 spiro atoms. The van der Waals surface area contributed by atoms with Gasteiger partial charge >= 0.3 is 0 Å². The van der Waals surface area contributed by atoms with Crippen LogP contribution in [0.25, 0.3) is 0 Å². The standard InChI is InChI=1S/C14H26N2S/c1-11(2)7-13(10-15-9-12(3)4)8-14-16-5-6-17-14/h5-6,11-13,15H,7-10H2,1-4H3. The van der Waals surface area contributed by atoms with E-state index >= 15 is 0 Å². The molecule has 3 heteroatoms. The lowest BCUT2D eigenvalue weighted by Gasteiger charge is -2.19. The topological polar surface area (TPSA) is 24.9 Å². The highest BCUT2D eigenvalue weighted by atomic mass is 32.1. The average Bonchev–Trinajstić information content (AvgIpc) is 2.68. The number of hydrogen-bond donors (Lipinski definition) is 1. The van der Waals surface area contributed by atoms with Gasteiger partial charge in [-0.15, -0.1) is 11.3 Å². The Labute approximate surface area is 110 Å². The molecule has 0 saturated heterocycles. The van der Waals surface area contributed by atoms with E-state index in [4.69, 9.17) is 0 Å². The molecule has 0 aliphatic heterocycles. The van der Waals surface area contributed by atoms with Crippen LogP contribution in [-0.2, 0) is 6.42 Å². The lowest BCUT2D eigenvalue weighted by Crippen LogP contribution is -2.28. The molecule has 1 heterocycles. The Kier molecular flexibility index (Phi) is 6.75. The summed E-state index contributed by atoms with van der Waals surface area (Å²) in [6.07, 6.45) is 4.32. The van der Waals surface area contributed by atoms with Crippen molar-refractivity contribution in [2.45, 2.75) is 40.5 Å². The molecule has 0 aromatic carbocycles. The summed E-state index contributed by atoms with van der Waals surface area (Å²) in [7, 11) is 0.